The molecule has 4 rings (SSSR count). The lowest BCUT2D eigenvalue weighted by molar-refractivity contribution is 0.241. The topological polar surface area (TPSA) is 122 Å². The van der Waals surface area contributed by atoms with Gasteiger partial charge >= 0.3 is 0 Å². The van der Waals surface area contributed by atoms with Crippen LogP contribution in [0.2, 0.25) is 0 Å². The number of nitrogens with zero attached hydrogens (tertiary/aromatic N) is 3. The minimum absolute atomic E-state index is 0.0898. The molecule has 1 aliphatic rings. The van der Waals surface area contributed by atoms with Gasteiger partial charge in [0.25, 0.3) is 0 Å². The first kappa shape index (κ1) is 20.1. The molecule has 3 heterocycles. The first-order valence-electron chi connectivity index (χ1n) is 9.48. The molecule has 1 aromatic carbocycles. The highest BCUT2D eigenvalue weighted by Gasteiger charge is 2.31. The lowest BCUT2D eigenvalue weighted by Gasteiger charge is -2.32. The molecule has 0 bridgehead atoms. The number of piperazine rings is 1. The quantitative estimate of drug-likeness (QED) is 0.537. The number of hydrogen-bond acceptors (Lipinski definition) is 7. The highest BCUT2D eigenvalue weighted by molar-refractivity contribution is 7.92. The monoisotopic (exact) mass is 423 g/mol. The first-order chi connectivity index (χ1) is 14.5. The second kappa shape index (κ2) is 7.91. The van der Waals surface area contributed by atoms with Gasteiger partial charge in [-0.2, -0.15) is 5.26 Å². The van der Waals surface area contributed by atoms with Gasteiger partial charge in [-0.1, -0.05) is 12.1 Å². The van der Waals surface area contributed by atoms with Crippen LogP contribution in [0, 0.1) is 11.3 Å². The molecular formula is C21H21N5O3S. The van der Waals surface area contributed by atoms with Crippen LogP contribution in [0.4, 0.5) is 0 Å². The maximum atomic E-state index is 13.2. The van der Waals surface area contributed by atoms with Gasteiger partial charge in [-0.15, -0.1) is 6.58 Å². The number of benzene rings is 1. The number of fused-ring (bicyclic) bond motifs is 1. The molecule has 1 saturated heterocycles. The highest BCUT2D eigenvalue weighted by Crippen LogP contribution is 2.36. The Morgan fingerprint density at radius 1 is 1.27 bits per heavy atom. The zero-order valence-corrected chi connectivity index (χ0v) is 17.0. The van der Waals surface area contributed by atoms with Crippen LogP contribution in [0.1, 0.15) is 5.56 Å². The summed E-state index contributed by atoms with van der Waals surface area (Å²) in [5, 5.41) is 22.5. The zero-order chi connectivity index (χ0) is 21.3. The van der Waals surface area contributed by atoms with E-state index in [0.717, 1.165) is 13.1 Å². The fourth-order valence-electron chi connectivity index (χ4n) is 3.76. The van der Waals surface area contributed by atoms with Gasteiger partial charge in [0.1, 0.15) is 5.37 Å². The van der Waals surface area contributed by atoms with Crippen molar-refractivity contribution in [3.05, 3.63) is 54.7 Å². The average Bonchev–Trinajstić information content (AvgIpc) is 3.09. The van der Waals surface area contributed by atoms with Crippen molar-refractivity contribution in [3.8, 4) is 23.2 Å². The molecule has 30 heavy (non-hydrogen) atoms. The van der Waals surface area contributed by atoms with E-state index >= 15 is 0 Å². The summed E-state index contributed by atoms with van der Waals surface area (Å²) in [7, 11) is -3.69. The summed E-state index contributed by atoms with van der Waals surface area (Å²) in [6.45, 7) is 6.42. The lowest BCUT2D eigenvalue weighted by atomic mass is 10.1. The summed E-state index contributed by atoms with van der Waals surface area (Å²) >= 11 is 0. The molecule has 0 aliphatic carbocycles. The first-order valence-corrected chi connectivity index (χ1v) is 11.0. The number of pyridine rings is 1. The number of H-pyrrole nitrogens is 1. The Hall–Kier alpha value is -3.19. The second-order valence-electron chi connectivity index (χ2n) is 7.06. The van der Waals surface area contributed by atoms with E-state index < -0.39 is 15.2 Å². The van der Waals surface area contributed by atoms with E-state index in [1.807, 2.05) is 4.90 Å². The number of hydrogen-bond donors (Lipinski definition) is 3. The second-order valence-corrected chi connectivity index (χ2v) is 9.10. The number of rotatable bonds is 5. The van der Waals surface area contributed by atoms with Crippen LogP contribution < -0.4 is 5.32 Å². The smallest absolute Gasteiger partial charge is 0.199 e. The van der Waals surface area contributed by atoms with Gasteiger partial charge < -0.3 is 15.4 Å². The molecule has 2 aromatic heterocycles. The Balaban J connectivity index is 1.69. The van der Waals surface area contributed by atoms with Crippen molar-refractivity contribution in [1.29, 1.82) is 5.26 Å². The third kappa shape index (κ3) is 3.45. The SMILES string of the molecule is C=CC(N1CCNCC1)S(=O)(=O)c1ccc(-c2c(O)[nH]c3cc(C#N)ccc23)nc1. The molecule has 1 atom stereocenters. The Kier molecular flexibility index (Phi) is 5.30. The molecule has 1 unspecified atom stereocenters. The predicted molar refractivity (Wildman–Crippen MR) is 114 cm³/mol. The van der Waals surface area contributed by atoms with Crippen molar-refractivity contribution in [2.45, 2.75) is 10.3 Å². The van der Waals surface area contributed by atoms with Crippen molar-refractivity contribution >= 4 is 20.7 Å². The maximum Gasteiger partial charge on any atom is 0.199 e. The Labute approximate surface area is 174 Å². The standard InChI is InChI=1S/C21H21N5O3S/c1-2-19(26-9-7-23-8-10-26)30(28,29)15-4-6-17(24-13-15)20-16-5-3-14(12-22)11-18(16)25-21(20)27/h2-6,11,13,19,23,25,27H,1,7-10H2. The van der Waals surface area contributed by atoms with E-state index in [2.05, 4.69) is 27.9 Å². The summed E-state index contributed by atoms with van der Waals surface area (Å²) in [4.78, 5) is 9.13. The normalized spacial score (nSPS) is 16.2. The minimum atomic E-state index is -3.69. The molecule has 1 aliphatic heterocycles. The van der Waals surface area contributed by atoms with Crippen molar-refractivity contribution in [2.75, 3.05) is 26.2 Å². The molecule has 3 aromatic rings. The predicted octanol–water partition coefficient (Wildman–Crippen LogP) is 2.00. The number of aromatic amines is 1. The van der Waals surface area contributed by atoms with Gasteiger partial charge in [0.2, 0.25) is 0 Å². The van der Waals surface area contributed by atoms with E-state index in [4.69, 9.17) is 5.26 Å². The van der Waals surface area contributed by atoms with Gasteiger partial charge in [-0.25, -0.2) is 8.42 Å². The Bertz CT molecular complexity index is 1240. The number of sulfone groups is 1. The van der Waals surface area contributed by atoms with Gasteiger partial charge in [0, 0.05) is 37.8 Å². The molecule has 0 saturated carbocycles. The summed E-state index contributed by atoms with van der Waals surface area (Å²) < 4.78 is 26.3. The molecule has 154 valence electrons. The van der Waals surface area contributed by atoms with E-state index in [9.17, 15) is 13.5 Å². The highest BCUT2D eigenvalue weighted by atomic mass is 32.2. The fourth-order valence-corrected chi connectivity index (χ4v) is 5.35. The molecule has 0 spiro atoms. The molecule has 1 fully saturated rings. The third-order valence-electron chi connectivity index (χ3n) is 5.26. The Morgan fingerprint density at radius 3 is 2.67 bits per heavy atom. The van der Waals surface area contributed by atoms with Gasteiger partial charge in [-0.3, -0.25) is 9.88 Å². The average molecular weight is 423 g/mol. The van der Waals surface area contributed by atoms with Crippen LogP contribution in [0.3, 0.4) is 0 Å². The minimum Gasteiger partial charge on any atom is -0.494 e. The number of aromatic nitrogens is 2. The molecule has 9 heteroatoms. The summed E-state index contributed by atoms with van der Waals surface area (Å²) in [5.41, 5.74) is 1.96. The van der Waals surface area contributed by atoms with Gasteiger partial charge in [0.05, 0.1) is 33.3 Å². The van der Waals surface area contributed by atoms with Crippen LogP contribution in [0.25, 0.3) is 22.2 Å². The number of nitrogens with one attached hydrogen (secondary N) is 2. The third-order valence-corrected chi connectivity index (χ3v) is 7.28. The van der Waals surface area contributed by atoms with Crippen molar-refractivity contribution in [3.63, 3.8) is 0 Å². The molecule has 8 nitrogen and oxygen atoms in total. The van der Waals surface area contributed by atoms with E-state index in [-0.39, 0.29) is 10.8 Å². The molecule has 0 amide bonds. The van der Waals surface area contributed by atoms with E-state index in [1.165, 1.54) is 18.3 Å². The summed E-state index contributed by atoms with van der Waals surface area (Å²) in [6, 6.07) is 10.1. The van der Waals surface area contributed by atoms with E-state index in [1.54, 1.807) is 24.3 Å². The number of nitriles is 1. The molecular weight excluding hydrogens is 402 g/mol. The summed E-state index contributed by atoms with van der Waals surface area (Å²) in [6.07, 6.45) is 2.76. The van der Waals surface area contributed by atoms with Crippen molar-refractivity contribution in [1.82, 2.24) is 20.2 Å². The Morgan fingerprint density at radius 2 is 2.03 bits per heavy atom. The van der Waals surface area contributed by atoms with Crippen LogP contribution in [0.15, 0.2) is 54.1 Å². The van der Waals surface area contributed by atoms with Crippen molar-refractivity contribution in [2.24, 2.45) is 0 Å². The number of aromatic hydroxyl groups is 1. The molecule has 3 N–H and O–H groups in total. The van der Waals surface area contributed by atoms with Crippen LogP contribution in [0.5, 0.6) is 5.88 Å². The van der Waals surface area contributed by atoms with E-state index in [0.29, 0.717) is 40.8 Å². The molecule has 0 radical (unpaired) electrons. The zero-order valence-electron chi connectivity index (χ0n) is 16.2. The van der Waals surface area contributed by atoms with Gasteiger partial charge in [-0.05, 0) is 24.3 Å². The van der Waals surface area contributed by atoms with Crippen LogP contribution >= 0.6 is 0 Å². The van der Waals surface area contributed by atoms with Gasteiger partial charge in [0.15, 0.2) is 15.7 Å². The van der Waals surface area contributed by atoms with Crippen molar-refractivity contribution < 1.29 is 13.5 Å². The maximum absolute atomic E-state index is 13.2. The fraction of sp³-hybridized carbons (Fsp3) is 0.238. The van der Waals surface area contributed by atoms with Crippen LogP contribution in [-0.2, 0) is 9.84 Å². The summed E-state index contributed by atoms with van der Waals surface area (Å²) in [5.74, 6) is -0.0898. The van der Waals surface area contributed by atoms with Crippen LogP contribution in [-0.4, -0.2) is 59.9 Å². The lowest BCUT2D eigenvalue weighted by Crippen LogP contribution is -2.50. The largest absolute Gasteiger partial charge is 0.494 e.